The van der Waals surface area contributed by atoms with Crippen molar-refractivity contribution in [2.45, 2.75) is 52.2 Å². The van der Waals surface area contributed by atoms with Crippen molar-refractivity contribution < 1.29 is 4.52 Å². The third-order valence-corrected chi connectivity index (χ3v) is 2.98. The Hall–Kier alpha value is -0.940. The summed E-state index contributed by atoms with van der Waals surface area (Å²) in [5.41, 5.74) is 0. The predicted octanol–water partition coefficient (Wildman–Crippen LogP) is 1.38. The van der Waals surface area contributed by atoms with Crippen molar-refractivity contribution in [1.29, 1.82) is 0 Å². The molecule has 1 N–H and O–H groups in total. The van der Waals surface area contributed by atoms with Crippen LogP contribution < -0.4 is 5.32 Å². The minimum atomic E-state index is 0.303. The van der Waals surface area contributed by atoms with E-state index in [1.807, 2.05) is 0 Å². The fourth-order valence-corrected chi connectivity index (χ4v) is 2.34. The number of nitrogens with one attached hydrogen (secondary N) is 1. The second-order valence-corrected chi connectivity index (χ2v) is 5.37. The monoisotopic (exact) mass is 238 g/mol. The zero-order valence-electron chi connectivity index (χ0n) is 11.1. The molecular formula is C12H22N4O. The summed E-state index contributed by atoms with van der Waals surface area (Å²) >= 11 is 0. The van der Waals surface area contributed by atoms with Gasteiger partial charge in [-0.05, 0) is 13.8 Å². The lowest BCUT2D eigenvalue weighted by molar-refractivity contribution is 0.161. The Labute approximate surface area is 103 Å². The standard InChI is InChI=1S/C12H22N4O/c1-8(2)12-14-11(15-17-12)7-16-5-9(3)13-10(4)6-16/h8-10,13H,5-7H2,1-4H3. The van der Waals surface area contributed by atoms with Crippen LogP contribution in [0.4, 0.5) is 0 Å². The highest BCUT2D eigenvalue weighted by molar-refractivity contribution is 4.92. The lowest BCUT2D eigenvalue weighted by atomic mass is 10.1. The van der Waals surface area contributed by atoms with Crippen molar-refractivity contribution in [2.75, 3.05) is 13.1 Å². The molecule has 2 atom stereocenters. The number of hydrogen-bond acceptors (Lipinski definition) is 5. The molecule has 2 rings (SSSR count). The topological polar surface area (TPSA) is 54.2 Å². The van der Waals surface area contributed by atoms with E-state index in [2.05, 4.69) is 48.1 Å². The summed E-state index contributed by atoms with van der Waals surface area (Å²) in [6.45, 7) is 11.4. The van der Waals surface area contributed by atoms with Crippen LogP contribution in [0.1, 0.15) is 45.3 Å². The van der Waals surface area contributed by atoms with Gasteiger partial charge in [0.15, 0.2) is 5.82 Å². The fourth-order valence-electron chi connectivity index (χ4n) is 2.34. The molecule has 17 heavy (non-hydrogen) atoms. The summed E-state index contributed by atoms with van der Waals surface area (Å²) in [4.78, 5) is 6.79. The van der Waals surface area contributed by atoms with Crippen LogP contribution in [0.3, 0.4) is 0 Å². The maximum absolute atomic E-state index is 5.22. The summed E-state index contributed by atoms with van der Waals surface area (Å²) in [6.07, 6.45) is 0. The van der Waals surface area contributed by atoms with Crippen LogP contribution in [0.2, 0.25) is 0 Å². The molecule has 0 aliphatic carbocycles. The quantitative estimate of drug-likeness (QED) is 0.862. The van der Waals surface area contributed by atoms with E-state index in [1.165, 1.54) is 0 Å². The van der Waals surface area contributed by atoms with Gasteiger partial charge in [-0.3, -0.25) is 4.90 Å². The average molecular weight is 238 g/mol. The number of nitrogens with zero attached hydrogens (tertiary/aromatic N) is 3. The molecule has 2 heterocycles. The Kier molecular flexibility index (Phi) is 3.79. The average Bonchev–Trinajstić information content (AvgIpc) is 2.64. The summed E-state index contributed by atoms with van der Waals surface area (Å²) in [5.74, 6) is 1.84. The van der Waals surface area contributed by atoms with Gasteiger partial charge < -0.3 is 9.84 Å². The maximum Gasteiger partial charge on any atom is 0.229 e. The van der Waals surface area contributed by atoms with E-state index < -0.39 is 0 Å². The molecule has 1 aromatic rings. The van der Waals surface area contributed by atoms with Crippen LogP contribution in [0.15, 0.2) is 4.52 Å². The predicted molar refractivity (Wildman–Crippen MR) is 65.7 cm³/mol. The van der Waals surface area contributed by atoms with Gasteiger partial charge >= 0.3 is 0 Å². The van der Waals surface area contributed by atoms with Crippen LogP contribution in [0.5, 0.6) is 0 Å². The van der Waals surface area contributed by atoms with E-state index in [0.717, 1.165) is 31.3 Å². The number of aromatic nitrogens is 2. The lowest BCUT2D eigenvalue weighted by Gasteiger charge is -2.35. The molecule has 0 amide bonds. The number of piperazine rings is 1. The molecule has 5 nitrogen and oxygen atoms in total. The molecule has 96 valence electrons. The highest BCUT2D eigenvalue weighted by atomic mass is 16.5. The molecule has 1 aliphatic heterocycles. The number of hydrogen-bond donors (Lipinski definition) is 1. The maximum atomic E-state index is 5.22. The van der Waals surface area contributed by atoms with Crippen molar-refractivity contribution in [2.24, 2.45) is 0 Å². The van der Waals surface area contributed by atoms with Crippen molar-refractivity contribution in [3.05, 3.63) is 11.7 Å². The molecule has 0 aromatic carbocycles. The van der Waals surface area contributed by atoms with Gasteiger partial charge in [0.2, 0.25) is 5.89 Å². The van der Waals surface area contributed by atoms with Crippen molar-refractivity contribution in [3.8, 4) is 0 Å². The molecule has 5 heteroatoms. The third kappa shape index (κ3) is 3.26. The third-order valence-electron chi connectivity index (χ3n) is 2.98. The molecule has 1 aromatic heterocycles. The summed E-state index contributed by atoms with van der Waals surface area (Å²) in [7, 11) is 0. The van der Waals surface area contributed by atoms with Crippen molar-refractivity contribution in [3.63, 3.8) is 0 Å². The number of rotatable bonds is 3. The van der Waals surface area contributed by atoms with Crippen LogP contribution in [0, 0.1) is 0 Å². The normalized spacial score (nSPS) is 26.6. The molecule has 1 saturated heterocycles. The van der Waals surface area contributed by atoms with E-state index in [4.69, 9.17) is 4.52 Å². The molecule has 0 saturated carbocycles. The first kappa shape index (κ1) is 12.5. The van der Waals surface area contributed by atoms with E-state index in [-0.39, 0.29) is 0 Å². The van der Waals surface area contributed by atoms with Gasteiger partial charge in [-0.15, -0.1) is 0 Å². The van der Waals surface area contributed by atoms with E-state index in [0.29, 0.717) is 18.0 Å². The Morgan fingerprint density at radius 1 is 1.35 bits per heavy atom. The van der Waals surface area contributed by atoms with E-state index in [9.17, 15) is 0 Å². The van der Waals surface area contributed by atoms with Crippen LogP contribution in [0.25, 0.3) is 0 Å². The van der Waals surface area contributed by atoms with Crippen molar-refractivity contribution in [1.82, 2.24) is 20.4 Å². The molecular weight excluding hydrogens is 216 g/mol. The highest BCUT2D eigenvalue weighted by Crippen LogP contribution is 2.13. The smallest absolute Gasteiger partial charge is 0.229 e. The van der Waals surface area contributed by atoms with Gasteiger partial charge in [0.05, 0.1) is 6.54 Å². The van der Waals surface area contributed by atoms with Crippen molar-refractivity contribution >= 4 is 0 Å². The molecule has 1 aliphatic rings. The summed E-state index contributed by atoms with van der Waals surface area (Å²) < 4.78 is 5.22. The first-order chi connectivity index (χ1) is 8.04. The molecule has 1 fully saturated rings. The SMILES string of the molecule is CC1CN(Cc2noc(C(C)C)n2)CC(C)N1. The minimum absolute atomic E-state index is 0.303. The Bertz CT molecular complexity index is 353. The highest BCUT2D eigenvalue weighted by Gasteiger charge is 2.22. The fraction of sp³-hybridized carbons (Fsp3) is 0.833. The van der Waals surface area contributed by atoms with E-state index in [1.54, 1.807) is 0 Å². The Morgan fingerprint density at radius 2 is 2.00 bits per heavy atom. The summed E-state index contributed by atoms with van der Waals surface area (Å²) in [5, 5.41) is 7.55. The van der Waals surface area contributed by atoms with Gasteiger partial charge in [-0.25, -0.2) is 0 Å². The molecule has 2 unspecified atom stereocenters. The zero-order valence-corrected chi connectivity index (χ0v) is 11.1. The summed E-state index contributed by atoms with van der Waals surface area (Å²) in [6, 6.07) is 1.05. The first-order valence-corrected chi connectivity index (χ1v) is 6.35. The largest absolute Gasteiger partial charge is 0.339 e. The van der Waals surface area contributed by atoms with Crippen LogP contribution in [-0.2, 0) is 6.54 Å². The first-order valence-electron chi connectivity index (χ1n) is 6.35. The van der Waals surface area contributed by atoms with Crippen LogP contribution in [-0.4, -0.2) is 40.2 Å². The second-order valence-electron chi connectivity index (χ2n) is 5.37. The Morgan fingerprint density at radius 3 is 2.53 bits per heavy atom. The minimum Gasteiger partial charge on any atom is -0.339 e. The van der Waals surface area contributed by atoms with Gasteiger partial charge in [-0.2, -0.15) is 4.98 Å². The lowest BCUT2D eigenvalue weighted by Crippen LogP contribution is -2.53. The molecule has 0 bridgehead atoms. The van der Waals surface area contributed by atoms with Gasteiger partial charge in [0, 0.05) is 31.1 Å². The molecule has 0 radical (unpaired) electrons. The Balaban J connectivity index is 1.95. The van der Waals surface area contributed by atoms with Gasteiger partial charge in [-0.1, -0.05) is 19.0 Å². The second kappa shape index (κ2) is 5.14. The zero-order chi connectivity index (χ0) is 12.4. The van der Waals surface area contributed by atoms with Gasteiger partial charge in [0.1, 0.15) is 0 Å². The van der Waals surface area contributed by atoms with Crippen LogP contribution >= 0.6 is 0 Å². The van der Waals surface area contributed by atoms with Gasteiger partial charge in [0.25, 0.3) is 0 Å². The molecule has 0 spiro atoms. The van der Waals surface area contributed by atoms with E-state index >= 15 is 0 Å².